The van der Waals surface area contributed by atoms with E-state index < -0.39 is 0 Å². The van der Waals surface area contributed by atoms with E-state index in [1.807, 2.05) is 0 Å². The van der Waals surface area contributed by atoms with E-state index >= 15 is 0 Å². The molecule has 0 saturated heterocycles. The molecule has 1 aromatic heterocycles. The summed E-state index contributed by atoms with van der Waals surface area (Å²) in [5, 5.41) is 3.22. The number of ether oxygens (including phenoxy) is 1. The number of nitrogens with zero attached hydrogens (tertiary/aromatic N) is 2. The number of halogens is 3. The van der Waals surface area contributed by atoms with Crippen molar-refractivity contribution in [3.05, 3.63) is 44.5 Å². The van der Waals surface area contributed by atoms with Gasteiger partial charge in [-0.05, 0) is 34.1 Å². The van der Waals surface area contributed by atoms with Crippen molar-refractivity contribution in [2.45, 2.75) is 0 Å². The second-order valence-electron chi connectivity index (χ2n) is 3.64. The van der Waals surface area contributed by atoms with Crippen molar-refractivity contribution >= 4 is 51.0 Å². The van der Waals surface area contributed by atoms with Crippen LogP contribution in [0, 0.1) is 0 Å². The van der Waals surface area contributed by atoms with Gasteiger partial charge in [0.25, 0.3) is 5.91 Å². The minimum Gasteiger partial charge on any atom is -0.481 e. The topological polar surface area (TPSA) is 64.1 Å². The molecule has 8 heteroatoms. The van der Waals surface area contributed by atoms with Crippen LogP contribution in [0.5, 0.6) is 5.88 Å². The van der Waals surface area contributed by atoms with Gasteiger partial charge in [-0.2, -0.15) is 4.98 Å². The zero-order valence-corrected chi connectivity index (χ0v) is 13.3. The number of hydrogen-bond acceptors (Lipinski definition) is 4. The van der Waals surface area contributed by atoms with E-state index in [-0.39, 0.29) is 22.9 Å². The molecule has 1 amide bonds. The van der Waals surface area contributed by atoms with Gasteiger partial charge >= 0.3 is 0 Å². The van der Waals surface area contributed by atoms with Gasteiger partial charge < -0.3 is 4.74 Å². The van der Waals surface area contributed by atoms with Gasteiger partial charge in [0, 0.05) is 16.1 Å². The van der Waals surface area contributed by atoms with Gasteiger partial charge in [-0.15, -0.1) is 0 Å². The molecule has 0 atom stereocenters. The fourth-order valence-corrected chi connectivity index (χ4v) is 2.04. The summed E-state index contributed by atoms with van der Waals surface area (Å²) in [6.07, 6.45) is 0. The molecule has 1 aromatic carbocycles. The van der Waals surface area contributed by atoms with Crippen LogP contribution in [0.4, 0.5) is 5.95 Å². The number of anilines is 1. The van der Waals surface area contributed by atoms with Crippen molar-refractivity contribution in [3.8, 4) is 5.88 Å². The molecule has 2 aromatic rings. The van der Waals surface area contributed by atoms with Crippen molar-refractivity contribution < 1.29 is 9.53 Å². The third-order valence-electron chi connectivity index (χ3n) is 2.29. The zero-order valence-electron chi connectivity index (χ0n) is 10.2. The van der Waals surface area contributed by atoms with Gasteiger partial charge in [0.15, 0.2) is 0 Å². The summed E-state index contributed by atoms with van der Waals surface area (Å²) < 4.78 is 5.57. The summed E-state index contributed by atoms with van der Waals surface area (Å²) in [4.78, 5) is 19.9. The summed E-state index contributed by atoms with van der Waals surface area (Å²) >= 11 is 14.9. The van der Waals surface area contributed by atoms with Crippen molar-refractivity contribution in [1.29, 1.82) is 0 Å². The van der Waals surface area contributed by atoms with Crippen LogP contribution in [-0.2, 0) is 0 Å². The van der Waals surface area contributed by atoms with Crippen molar-refractivity contribution in [2.24, 2.45) is 0 Å². The van der Waals surface area contributed by atoms with Crippen LogP contribution >= 0.6 is 39.1 Å². The van der Waals surface area contributed by atoms with E-state index in [0.717, 1.165) is 0 Å². The summed E-state index contributed by atoms with van der Waals surface area (Å²) in [5.41, 5.74) is 0.406. The predicted octanol–water partition coefficient (Wildman–Crippen LogP) is 3.81. The van der Waals surface area contributed by atoms with Crippen LogP contribution in [0.2, 0.25) is 10.2 Å². The van der Waals surface area contributed by atoms with Gasteiger partial charge in [-0.3, -0.25) is 10.1 Å². The number of hydrogen-bond donors (Lipinski definition) is 1. The van der Waals surface area contributed by atoms with Gasteiger partial charge in [-0.25, -0.2) is 4.98 Å². The molecule has 1 heterocycles. The lowest BCUT2D eigenvalue weighted by atomic mass is 10.2. The lowest BCUT2D eigenvalue weighted by Gasteiger charge is -2.06. The van der Waals surface area contributed by atoms with E-state index in [1.165, 1.54) is 13.2 Å². The number of aromatic nitrogens is 2. The van der Waals surface area contributed by atoms with Crippen molar-refractivity contribution in [2.75, 3.05) is 12.4 Å². The second-order valence-corrected chi connectivity index (χ2v) is 5.29. The van der Waals surface area contributed by atoms with Crippen LogP contribution in [0.1, 0.15) is 10.4 Å². The highest BCUT2D eigenvalue weighted by molar-refractivity contribution is 9.10. The highest BCUT2D eigenvalue weighted by Gasteiger charge is 2.11. The van der Waals surface area contributed by atoms with E-state index in [0.29, 0.717) is 15.1 Å². The smallest absolute Gasteiger partial charge is 0.258 e. The quantitative estimate of drug-likeness (QED) is 0.827. The van der Waals surface area contributed by atoms with Crippen molar-refractivity contribution in [3.63, 3.8) is 0 Å². The Labute approximate surface area is 133 Å². The number of rotatable bonds is 3. The zero-order chi connectivity index (χ0) is 14.7. The molecule has 0 aliphatic rings. The van der Waals surface area contributed by atoms with Crippen molar-refractivity contribution in [1.82, 2.24) is 9.97 Å². The number of nitrogens with one attached hydrogen (secondary N) is 1. The first-order chi connectivity index (χ1) is 9.49. The molecule has 0 spiro atoms. The molecule has 0 bridgehead atoms. The lowest BCUT2D eigenvalue weighted by molar-refractivity contribution is 0.102. The number of amides is 1. The molecule has 20 heavy (non-hydrogen) atoms. The summed E-state index contributed by atoms with van der Waals surface area (Å²) in [6.45, 7) is 0. The molecule has 2 rings (SSSR count). The Morgan fingerprint density at radius 1 is 1.30 bits per heavy atom. The average molecular weight is 377 g/mol. The number of benzene rings is 1. The molecule has 0 fully saturated rings. The fraction of sp³-hybridized carbons (Fsp3) is 0.0833. The molecule has 104 valence electrons. The van der Waals surface area contributed by atoms with Gasteiger partial charge in [0.2, 0.25) is 11.8 Å². The number of carbonyl (C=O) groups is 1. The molecule has 0 unspecified atom stereocenters. The lowest BCUT2D eigenvalue weighted by Crippen LogP contribution is -2.14. The SMILES string of the molecule is COc1cc(Cl)nc(NC(=O)c2ccc(Cl)c(Br)c2)n1. The minimum atomic E-state index is -0.383. The molecule has 1 N–H and O–H groups in total. The molecule has 0 aliphatic heterocycles. The summed E-state index contributed by atoms with van der Waals surface area (Å²) in [6, 6.07) is 6.24. The predicted molar refractivity (Wildman–Crippen MR) is 80.7 cm³/mol. The van der Waals surface area contributed by atoms with Crippen LogP contribution < -0.4 is 10.1 Å². The van der Waals surface area contributed by atoms with Gasteiger partial charge in [0.05, 0.1) is 12.1 Å². The molecule has 0 saturated carbocycles. The van der Waals surface area contributed by atoms with E-state index in [2.05, 4.69) is 31.2 Å². The standard InChI is InChI=1S/C12H8BrCl2N3O2/c1-20-10-5-9(15)16-12(17-10)18-11(19)6-2-3-8(14)7(13)4-6/h2-5H,1H3,(H,16,17,18,19). The first kappa shape index (κ1) is 15.0. The first-order valence-electron chi connectivity index (χ1n) is 5.34. The highest BCUT2D eigenvalue weighted by atomic mass is 79.9. The van der Waals surface area contributed by atoms with Gasteiger partial charge in [-0.1, -0.05) is 23.2 Å². The highest BCUT2D eigenvalue weighted by Crippen LogP contribution is 2.23. The minimum absolute atomic E-state index is 0.0606. The number of methoxy groups -OCH3 is 1. The van der Waals surface area contributed by atoms with Gasteiger partial charge in [0.1, 0.15) is 5.15 Å². The van der Waals surface area contributed by atoms with E-state index in [4.69, 9.17) is 27.9 Å². The Morgan fingerprint density at radius 3 is 2.70 bits per heavy atom. The molecular formula is C12H8BrCl2N3O2. The largest absolute Gasteiger partial charge is 0.481 e. The van der Waals surface area contributed by atoms with Crippen LogP contribution in [0.15, 0.2) is 28.7 Å². The average Bonchev–Trinajstić information content (AvgIpc) is 2.41. The van der Waals surface area contributed by atoms with Crippen LogP contribution in [0.3, 0.4) is 0 Å². The maximum absolute atomic E-state index is 12.0. The fourth-order valence-electron chi connectivity index (χ4n) is 1.37. The Bertz CT molecular complexity index is 667. The number of carbonyl (C=O) groups excluding carboxylic acids is 1. The monoisotopic (exact) mass is 375 g/mol. The molecule has 0 radical (unpaired) electrons. The first-order valence-corrected chi connectivity index (χ1v) is 6.89. The maximum Gasteiger partial charge on any atom is 0.258 e. The third-order valence-corrected chi connectivity index (χ3v) is 3.70. The maximum atomic E-state index is 12.0. The Hall–Kier alpha value is -1.37. The Morgan fingerprint density at radius 2 is 2.05 bits per heavy atom. The molecular weight excluding hydrogens is 369 g/mol. The van der Waals surface area contributed by atoms with Crippen LogP contribution in [-0.4, -0.2) is 23.0 Å². The molecule has 0 aliphatic carbocycles. The summed E-state index contributed by atoms with van der Waals surface area (Å²) in [7, 11) is 1.45. The summed E-state index contributed by atoms with van der Waals surface area (Å²) in [5.74, 6) is -0.0605. The Balaban J connectivity index is 2.23. The second kappa shape index (κ2) is 6.39. The van der Waals surface area contributed by atoms with E-state index in [9.17, 15) is 4.79 Å². The normalized spacial score (nSPS) is 10.2. The van der Waals surface area contributed by atoms with Crippen LogP contribution in [0.25, 0.3) is 0 Å². The molecule has 5 nitrogen and oxygen atoms in total. The Kier molecular flexibility index (Phi) is 4.80. The third kappa shape index (κ3) is 3.59. The van der Waals surface area contributed by atoms with E-state index in [1.54, 1.807) is 18.2 Å².